The van der Waals surface area contributed by atoms with Crippen molar-refractivity contribution < 1.29 is 15.0 Å². The lowest BCUT2D eigenvalue weighted by atomic mass is 10.1. The summed E-state index contributed by atoms with van der Waals surface area (Å²) in [5, 5.41) is 18.3. The minimum atomic E-state index is -0.401. The van der Waals surface area contributed by atoms with Crippen molar-refractivity contribution in [3.05, 3.63) is 36.9 Å². The van der Waals surface area contributed by atoms with Crippen LogP contribution >= 0.6 is 0 Å². The van der Waals surface area contributed by atoms with Crippen LogP contribution in [0.4, 0.5) is 5.69 Å². The number of anilines is 1. The molecule has 0 aromatic heterocycles. The maximum absolute atomic E-state index is 11.8. The van der Waals surface area contributed by atoms with E-state index in [1.165, 1.54) is 23.1 Å². The summed E-state index contributed by atoms with van der Waals surface area (Å²) < 4.78 is 0. The number of carbonyl (C=O) groups is 1. The van der Waals surface area contributed by atoms with Crippen LogP contribution in [0, 0.1) is 5.92 Å². The lowest BCUT2D eigenvalue weighted by Crippen LogP contribution is -2.35. The minimum absolute atomic E-state index is 0.117. The van der Waals surface area contributed by atoms with Crippen molar-refractivity contribution in [2.24, 2.45) is 5.92 Å². The van der Waals surface area contributed by atoms with Crippen LogP contribution in [0.1, 0.15) is 6.92 Å². The van der Waals surface area contributed by atoms with Crippen molar-refractivity contribution >= 4 is 11.6 Å². The number of hydrogen-bond acceptors (Lipinski definition) is 3. The number of phenolic OH excluding ortho intramolecular Hbond substituents is 1. The van der Waals surface area contributed by atoms with Crippen LogP contribution in [0.15, 0.2) is 36.9 Å². The van der Waals surface area contributed by atoms with Crippen LogP contribution in [0.25, 0.3) is 0 Å². The third-order valence-electron chi connectivity index (χ3n) is 2.31. The molecule has 1 amide bonds. The molecule has 1 aromatic rings. The van der Waals surface area contributed by atoms with Gasteiger partial charge >= 0.3 is 0 Å². The Bertz CT molecular complexity index is 372. The molecule has 0 saturated carbocycles. The molecule has 1 atom stereocenters. The molecule has 1 unspecified atom stereocenters. The molecular weight excluding hydrogens is 206 g/mol. The number of aliphatic hydroxyl groups is 1. The maximum Gasteiger partial charge on any atom is 0.235 e. The van der Waals surface area contributed by atoms with Crippen molar-refractivity contribution in [1.29, 1.82) is 0 Å². The smallest absolute Gasteiger partial charge is 0.235 e. The lowest BCUT2D eigenvalue weighted by molar-refractivity contribution is -0.121. The summed E-state index contributed by atoms with van der Waals surface area (Å²) in [6.45, 7) is 4.84. The minimum Gasteiger partial charge on any atom is -0.508 e. The molecule has 0 bridgehead atoms. The molecule has 4 heteroatoms. The van der Waals surface area contributed by atoms with Crippen molar-refractivity contribution in [1.82, 2.24) is 0 Å². The molecule has 4 nitrogen and oxygen atoms in total. The fourth-order valence-corrected chi connectivity index (χ4v) is 1.26. The van der Waals surface area contributed by atoms with E-state index in [9.17, 15) is 9.90 Å². The Labute approximate surface area is 94.4 Å². The Morgan fingerprint density at radius 2 is 2.06 bits per heavy atom. The van der Waals surface area contributed by atoms with Crippen LogP contribution in [0.5, 0.6) is 5.75 Å². The van der Waals surface area contributed by atoms with E-state index in [-0.39, 0.29) is 17.6 Å². The van der Waals surface area contributed by atoms with Gasteiger partial charge in [-0.05, 0) is 24.3 Å². The highest BCUT2D eigenvalue weighted by molar-refractivity contribution is 5.95. The number of amides is 1. The zero-order chi connectivity index (χ0) is 12.1. The zero-order valence-electron chi connectivity index (χ0n) is 9.13. The third-order valence-corrected chi connectivity index (χ3v) is 2.31. The van der Waals surface area contributed by atoms with Crippen LogP contribution in [-0.2, 0) is 4.79 Å². The van der Waals surface area contributed by atoms with E-state index in [2.05, 4.69) is 6.58 Å². The van der Waals surface area contributed by atoms with E-state index >= 15 is 0 Å². The predicted octanol–water partition coefficient (Wildman–Crippen LogP) is 1.50. The molecule has 0 aliphatic rings. The van der Waals surface area contributed by atoms with Gasteiger partial charge in [-0.2, -0.15) is 0 Å². The average Bonchev–Trinajstić information content (AvgIpc) is 2.31. The molecule has 0 aliphatic heterocycles. The van der Waals surface area contributed by atoms with Crippen LogP contribution in [0.2, 0.25) is 0 Å². The largest absolute Gasteiger partial charge is 0.508 e. The van der Waals surface area contributed by atoms with Crippen molar-refractivity contribution in [3.63, 3.8) is 0 Å². The molecule has 0 fully saturated rings. The molecule has 1 rings (SSSR count). The highest BCUT2D eigenvalue weighted by atomic mass is 16.3. The molecule has 0 spiro atoms. The molecular formula is C12H15NO3. The molecule has 0 aliphatic carbocycles. The number of aliphatic hydroxyl groups excluding tert-OH is 1. The van der Waals surface area contributed by atoms with Gasteiger partial charge in [0, 0.05) is 5.69 Å². The van der Waals surface area contributed by atoms with E-state index in [1.807, 2.05) is 0 Å². The Hall–Kier alpha value is -1.81. The van der Waals surface area contributed by atoms with Gasteiger partial charge in [-0.1, -0.05) is 13.0 Å². The molecule has 0 radical (unpaired) electrons. The number of carbonyl (C=O) groups excluding carboxylic acids is 1. The lowest BCUT2D eigenvalue weighted by Gasteiger charge is -2.22. The fraction of sp³-hybridized carbons (Fsp3) is 0.250. The van der Waals surface area contributed by atoms with Gasteiger partial charge in [0.15, 0.2) is 0 Å². The Balaban J connectivity index is 2.94. The molecule has 2 N–H and O–H groups in total. The van der Waals surface area contributed by atoms with Gasteiger partial charge in [-0.3, -0.25) is 9.69 Å². The van der Waals surface area contributed by atoms with Crippen LogP contribution < -0.4 is 4.90 Å². The van der Waals surface area contributed by atoms with Gasteiger partial charge in [0.05, 0.1) is 5.92 Å². The molecule has 0 heterocycles. The van der Waals surface area contributed by atoms with E-state index in [4.69, 9.17) is 5.11 Å². The molecule has 1 aromatic carbocycles. The predicted molar refractivity (Wildman–Crippen MR) is 62.0 cm³/mol. The summed E-state index contributed by atoms with van der Waals surface area (Å²) in [5.74, 6) is -0.477. The van der Waals surface area contributed by atoms with Crippen molar-refractivity contribution in [2.75, 3.05) is 11.6 Å². The Morgan fingerprint density at radius 1 is 1.50 bits per heavy atom. The maximum atomic E-state index is 11.8. The second-order valence-corrected chi connectivity index (χ2v) is 3.45. The normalized spacial score (nSPS) is 11.9. The number of nitrogens with zero attached hydrogens (tertiary/aromatic N) is 1. The monoisotopic (exact) mass is 221 g/mol. The van der Waals surface area contributed by atoms with Gasteiger partial charge in [-0.25, -0.2) is 0 Å². The first kappa shape index (κ1) is 12.3. The van der Waals surface area contributed by atoms with Gasteiger partial charge in [0.2, 0.25) is 5.91 Å². The summed E-state index contributed by atoms with van der Waals surface area (Å²) in [6.07, 6.45) is 1.52. The first-order chi connectivity index (χ1) is 7.60. The fourth-order valence-electron chi connectivity index (χ4n) is 1.26. The van der Waals surface area contributed by atoms with Crippen molar-refractivity contribution in [2.45, 2.75) is 6.92 Å². The summed E-state index contributed by atoms with van der Waals surface area (Å²) in [6, 6.07) is 6.06. The van der Waals surface area contributed by atoms with E-state index in [0.717, 1.165) is 0 Å². The number of aromatic hydroxyl groups is 1. The van der Waals surface area contributed by atoms with Gasteiger partial charge in [0.25, 0.3) is 0 Å². The SMILES string of the molecule is C=CC(C)C(=O)N(CO)c1ccc(O)cc1. The van der Waals surface area contributed by atoms with Gasteiger partial charge in [0.1, 0.15) is 12.5 Å². The Morgan fingerprint density at radius 3 is 2.50 bits per heavy atom. The topological polar surface area (TPSA) is 60.8 Å². The van der Waals surface area contributed by atoms with Crippen LogP contribution in [-0.4, -0.2) is 22.9 Å². The van der Waals surface area contributed by atoms with Gasteiger partial charge < -0.3 is 10.2 Å². The summed E-state index contributed by atoms with van der Waals surface area (Å²) >= 11 is 0. The second kappa shape index (κ2) is 5.32. The summed E-state index contributed by atoms with van der Waals surface area (Å²) in [7, 11) is 0. The molecule has 16 heavy (non-hydrogen) atoms. The zero-order valence-corrected chi connectivity index (χ0v) is 9.13. The average molecular weight is 221 g/mol. The standard InChI is InChI=1S/C12H15NO3/c1-3-9(2)12(16)13(8-14)10-4-6-11(15)7-5-10/h3-7,9,14-15H,1,8H2,2H3. The number of rotatable bonds is 4. The molecule has 86 valence electrons. The van der Waals surface area contributed by atoms with E-state index in [1.54, 1.807) is 19.1 Å². The van der Waals surface area contributed by atoms with E-state index in [0.29, 0.717) is 5.69 Å². The first-order valence-corrected chi connectivity index (χ1v) is 4.94. The second-order valence-electron chi connectivity index (χ2n) is 3.45. The van der Waals surface area contributed by atoms with Crippen LogP contribution in [0.3, 0.4) is 0 Å². The summed E-state index contributed by atoms with van der Waals surface area (Å²) in [4.78, 5) is 13.1. The summed E-state index contributed by atoms with van der Waals surface area (Å²) in [5.41, 5.74) is 0.541. The number of phenols is 1. The Kier molecular flexibility index (Phi) is 4.08. The molecule has 0 saturated heterocycles. The highest BCUT2D eigenvalue weighted by Crippen LogP contribution is 2.19. The van der Waals surface area contributed by atoms with Crippen molar-refractivity contribution in [3.8, 4) is 5.75 Å². The number of benzene rings is 1. The van der Waals surface area contributed by atoms with E-state index < -0.39 is 6.73 Å². The third kappa shape index (κ3) is 2.61. The number of hydrogen-bond donors (Lipinski definition) is 2. The first-order valence-electron chi connectivity index (χ1n) is 4.94. The van der Waals surface area contributed by atoms with Gasteiger partial charge in [-0.15, -0.1) is 6.58 Å². The quantitative estimate of drug-likeness (QED) is 0.598. The highest BCUT2D eigenvalue weighted by Gasteiger charge is 2.18.